The van der Waals surface area contributed by atoms with Gasteiger partial charge in [-0.3, -0.25) is 18.3 Å². The van der Waals surface area contributed by atoms with Gasteiger partial charge in [0.05, 0.1) is 12.3 Å². The van der Waals surface area contributed by atoms with Gasteiger partial charge in [0.1, 0.15) is 11.6 Å². The van der Waals surface area contributed by atoms with E-state index < -0.39 is 18.6 Å². The van der Waals surface area contributed by atoms with Crippen LogP contribution in [0, 0.1) is 0 Å². The molecular weight excluding hydrogens is 623 g/mol. The number of rotatable bonds is 8. The number of benzene rings is 2. The normalized spacial score (nSPS) is 23.5. The molecule has 5 rings (SSSR count). The predicted octanol–water partition coefficient (Wildman–Crippen LogP) is 8.00. The zero-order valence-corrected chi connectivity index (χ0v) is 34.7. The minimum Gasteiger partial charge on any atom is -0.360 e. The summed E-state index contributed by atoms with van der Waals surface area (Å²) >= 11 is 0. The van der Waals surface area contributed by atoms with E-state index >= 15 is 0 Å². The van der Waals surface area contributed by atoms with Gasteiger partial charge in [-0.05, 0) is 120 Å². The molecule has 7 nitrogen and oxygen atoms in total. The maximum Gasteiger partial charge on any atom is 0.307 e. The third-order valence-electron chi connectivity index (χ3n) is 9.89. The first-order chi connectivity index (χ1) is 22.3. The van der Waals surface area contributed by atoms with Crippen molar-refractivity contribution in [2.24, 2.45) is 0 Å². The number of aromatic nitrogens is 1. The molecule has 2 aromatic carbocycles. The average Bonchev–Trinajstić information content (AvgIpc) is 2.94. The average molecular weight is 686 g/mol. The molecule has 1 aromatic heterocycles. The van der Waals surface area contributed by atoms with Crippen molar-refractivity contribution in [2.45, 2.75) is 131 Å². The zero-order valence-electron chi connectivity index (χ0n) is 32.4. The van der Waals surface area contributed by atoms with Crippen LogP contribution in [0.15, 0.2) is 78.9 Å². The molecule has 9 heteroatoms. The Morgan fingerprint density at radius 2 is 0.771 bits per heavy atom. The molecule has 0 unspecified atom stereocenters. The van der Waals surface area contributed by atoms with Gasteiger partial charge in [0, 0.05) is 35.2 Å². The number of anilines is 2. The fourth-order valence-electron chi connectivity index (χ4n) is 7.87. The van der Waals surface area contributed by atoms with Crippen LogP contribution >= 0.6 is 0 Å². The molecule has 2 aliphatic rings. The Bertz CT molecular complexity index is 1350. The smallest absolute Gasteiger partial charge is 0.307 e. The lowest BCUT2D eigenvalue weighted by atomic mass is 10.0. The molecule has 262 valence electrons. The van der Waals surface area contributed by atoms with Gasteiger partial charge < -0.3 is 9.13 Å². The number of hydrogen-bond donors (Lipinski definition) is 0. The Labute approximate surface area is 296 Å². The van der Waals surface area contributed by atoms with E-state index in [-0.39, 0.29) is 34.5 Å². The Morgan fingerprint density at radius 3 is 1.02 bits per heavy atom. The van der Waals surface area contributed by atoms with Gasteiger partial charge in [0.2, 0.25) is 0 Å². The summed E-state index contributed by atoms with van der Waals surface area (Å²) in [5.41, 5.74) is 2.76. The van der Waals surface area contributed by atoms with Crippen molar-refractivity contribution in [1.29, 1.82) is 0 Å². The molecule has 2 saturated heterocycles. The highest BCUT2D eigenvalue weighted by Crippen LogP contribution is 2.49. The Kier molecular flexibility index (Phi) is 10.2. The molecule has 0 atom stereocenters. The van der Waals surface area contributed by atoms with Gasteiger partial charge in [-0.25, -0.2) is 4.98 Å². The van der Waals surface area contributed by atoms with E-state index in [2.05, 4.69) is 203 Å². The monoisotopic (exact) mass is 685 g/mol. The highest BCUT2D eigenvalue weighted by Gasteiger charge is 2.60. The van der Waals surface area contributed by atoms with Crippen LogP contribution in [0.3, 0.4) is 0 Å². The Balaban J connectivity index is 1.57. The molecule has 0 spiro atoms. The van der Waals surface area contributed by atoms with Gasteiger partial charge in [0.25, 0.3) is 0 Å². The van der Waals surface area contributed by atoms with Crippen molar-refractivity contribution in [3.05, 3.63) is 90.0 Å². The van der Waals surface area contributed by atoms with Gasteiger partial charge >= 0.3 is 18.6 Å². The number of nitrogens with zero attached hydrogens (tertiary/aromatic N) is 7. The van der Waals surface area contributed by atoms with Crippen molar-refractivity contribution >= 4 is 30.2 Å². The molecule has 0 amide bonds. The predicted molar refractivity (Wildman–Crippen MR) is 209 cm³/mol. The molecule has 0 aliphatic carbocycles. The molecule has 0 N–H and O–H groups in total. The fraction of sp³-hybridized carbons (Fsp3) is 0.564. The number of hydrogen-bond acceptors (Lipinski definition) is 7. The summed E-state index contributed by atoms with van der Waals surface area (Å²) in [6, 6.07) is 28.9. The van der Waals surface area contributed by atoms with Crippen LogP contribution in [0.25, 0.3) is 0 Å². The fourth-order valence-corrected chi connectivity index (χ4v) is 15.6. The van der Waals surface area contributed by atoms with Crippen LogP contribution < -0.4 is 9.13 Å². The third-order valence-corrected chi connectivity index (χ3v) is 18.5. The quantitative estimate of drug-likeness (QED) is 0.222. The van der Waals surface area contributed by atoms with Crippen molar-refractivity contribution in [3.8, 4) is 0 Å². The summed E-state index contributed by atoms with van der Waals surface area (Å²) in [5, 5.41) is 0. The van der Waals surface area contributed by atoms with Gasteiger partial charge in [-0.15, -0.1) is 0 Å². The SMILES string of the molecule is CCN(c1cccc(N(CC)[SiH]2N(C(C)(C)C)C(c3ccccc3)N2C(C)(C)C)n1)[SiH]1N(C(C)(C)C)C(c2ccccc2)N1C(C)(C)C. The van der Waals surface area contributed by atoms with Gasteiger partial charge in [0.15, 0.2) is 0 Å². The van der Waals surface area contributed by atoms with E-state index in [9.17, 15) is 0 Å². The summed E-state index contributed by atoms with van der Waals surface area (Å²) in [7, 11) is -3.70. The largest absolute Gasteiger partial charge is 0.360 e. The third kappa shape index (κ3) is 6.79. The molecule has 3 heterocycles. The first kappa shape index (κ1) is 36.7. The standard InChI is InChI=1S/C39H63N7Si2/c1-15-41(47-43(36(3,4)5)34(44(47)37(6,7)8)30-24-19-17-20-25-30)32-28-23-29-33(40-32)42(16-2)48-45(38(9,10)11)35(46(48)39(12,13)14)31-26-21-18-22-27-31/h17-29,34-35,47-48H,15-16H2,1-14H3. The molecular formula is C39H63N7Si2. The van der Waals surface area contributed by atoms with Crippen LogP contribution in [0.5, 0.6) is 0 Å². The first-order valence-electron chi connectivity index (χ1n) is 18.1. The van der Waals surface area contributed by atoms with Crippen molar-refractivity contribution in [1.82, 2.24) is 23.2 Å². The van der Waals surface area contributed by atoms with Crippen LogP contribution in [0.2, 0.25) is 0 Å². The minimum absolute atomic E-state index is 0.00530. The van der Waals surface area contributed by atoms with Gasteiger partial charge in [-0.2, -0.15) is 0 Å². The summed E-state index contributed by atoms with van der Waals surface area (Å²) in [6.45, 7) is 35.0. The van der Waals surface area contributed by atoms with Crippen LogP contribution in [-0.4, -0.2) is 77.1 Å². The summed E-state index contributed by atoms with van der Waals surface area (Å²) < 4.78 is 16.6. The summed E-state index contributed by atoms with van der Waals surface area (Å²) in [6.07, 6.45) is 0.482. The Morgan fingerprint density at radius 1 is 0.479 bits per heavy atom. The Hall–Kier alpha value is -2.54. The lowest BCUT2D eigenvalue weighted by Crippen LogP contribution is -2.83. The zero-order chi connectivity index (χ0) is 35.4. The van der Waals surface area contributed by atoms with Crippen molar-refractivity contribution in [2.75, 3.05) is 22.2 Å². The van der Waals surface area contributed by atoms with E-state index in [1.54, 1.807) is 0 Å². The number of pyridine rings is 1. The van der Waals surface area contributed by atoms with Crippen LogP contribution in [0.4, 0.5) is 11.6 Å². The van der Waals surface area contributed by atoms with Crippen molar-refractivity contribution in [3.63, 3.8) is 0 Å². The van der Waals surface area contributed by atoms with E-state index in [1.165, 1.54) is 11.1 Å². The first-order valence-corrected chi connectivity index (χ1v) is 21.2. The lowest BCUT2D eigenvalue weighted by molar-refractivity contribution is -0.0352. The maximum absolute atomic E-state index is 5.60. The summed E-state index contributed by atoms with van der Waals surface area (Å²) in [5.74, 6) is 2.19. The second-order valence-electron chi connectivity index (χ2n) is 17.5. The van der Waals surface area contributed by atoms with Crippen LogP contribution in [-0.2, 0) is 0 Å². The molecule has 48 heavy (non-hydrogen) atoms. The molecule has 0 bridgehead atoms. The van der Waals surface area contributed by atoms with E-state index in [4.69, 9.17) is 4.98 Å². The summed E-state index contributed by atoms with van der Waals surface area (Å²) in [4.78, 5) is 5.60. The highest BCUT2D eigenvalue weighted by atomic mass is 28.3. The van der Waals surface area contributed by atoms with E-state index in [1.807, 2.05) is 0 Å². The van der Waals surface area contributed by atoms with E-state index in [0.29, 0.717) is 0 Å². The topological polar surface area (TPSA) is 32.3 Å². The minimum atomic E-state index is -1.85. The maximum atomic E-state index is 5.60. The van der Waals surface area contributed by atoms with Gasteiger partial charge in [-0.1, -0.05) is 66.7 Å². The second kappa shape index (κ2) is 13.3. The van der Waals surface area contributed by atoms with E-state index in [0.717, 1.165) is 24.7 Å². The highest BCUT2D eigenvalue weighted by molar-refractivity contribution is 6.61. The second-order valence-corrected chi connectivity index (χ2v) is 22.4. The van der Waals surface area contributed by atoms with Crippen molar-refractivity contribution < 1.29 is 0 Å². The lowest BCUT2D eigenvalue weighted by Gasteiger charge is -2.68. The molecule has 2 aliphatic heterocycles. The molecule has 2 fully saturated rings. The molecule has 3 aromatic rings. The molecule has 0 saturated carbocycles. The van der Waals surface area contributed by atoms with Crippen LogP contribution in [0.1, 0.15) is 120 Å². The molecule has 0 radical (unpaired) electrons.